The van der Waals surface area contributed by atoms with Gasteiger partial charge in [-0.25, -0.2) is 4.79 Å². The van der Waals surface area contributed by atoms with E-state index < -0.39 is 21.7 Å². The molecule has 7 heteroatoms. The molecule has 1 saturated carbocycles. The van der Waals surface area contributed by atoms with E-state index in [1.165, 1.54) is 0 Å². The molecule has 0 aliphatic heterocycles. The molecule has 1 fully saturated rings. The molecule has 1 aliphatic carbocycles. The minimum absolute atomic E-state index is 0.0352. The molecule has 0 spiro atoms. The third kappa shape index (κ3) is 5.11. The Morgan fingerprint density at radius 1 is 1.19 bits per heavy atom. The highest BCUT2D eigenvalue weighted by atomic mass is 32.2. The van der Waals surface area contributed by atoms with Crippen LogP contribution in [-0.4, -0.2) is 39.5 Å². The van der Waals surface area contributed by atoms with E-state index in [1.54, 1.807) is 0 Å². The molecule has 21 heavy (non-hydrogen) atoms. The number of rotatable bonds is 8. The summed E-state index contributed by atoms with van der Waals surface area (Å²) in [5.74, 6) is -0.411. The van der Waals surface area contributed by atoms with Crippen molar-refractivity contribution in [3.05, 3.63) is 35.9 Å². The van der Waals surface area contributed by atoms with Gasteiger partial charge >= 0.3 is 5.97 Å². The van der Waals surface area contributed by atoms with Gasteiger partial charge in [-0.15, -0.1) is 0 Å². The third-order valence-electron chi connectivity index (χ3n) is 3.05. The van der Waals surface area contributed by atoms with Crippen molar-refractivity contribution in [2.45, 2.75) is 25.0 Å². The van der Waals surface area contributed by atoms with Gasteiger partial charge in [-0.2, -0.15) is 8.42 Å². The van der Waals surface area contributed by atoms with Crippen LogP contribution in [0.25, 0.3) is 0 Å². The van der Waals surface area contributed by atoms with Crippen LogP contribution in [0.3, 0.4) is 0 Å². The summed E-state index contributed by atoms with van der Waals surface area (Å²) in [6.07, 6.45) is 2.13. The van der Waals surface area contributed by atoms with Crippen LogP contribution in [0.15, 0.2) is 30.3 Å². The second kappa shape index (κ2) is 6.55. The summed E-state index contributed by atoms with van der Waals surface area (Å²) in [6, 6.07) is 9.37. The molecule has 116 valence electrons. The van der Waals surface area contributed by atoms with Gasteiger partial charge in [-0.3, -0.25) is 4.18 Å². The first kappa shape index (κ1) is 15.9. The molecule has 0 heterocycles. The van der Waals surface area contributed by atoms with Crippen LogP contribution < -0.4 is 0 Å². The minimum Gasteiger partial charge on any atom is -0.459 e. The maximum atomic E-state index is 12.0. The Hall–Kier alpha value is -1.44. The molecule has 0 radical (unpaired) electrons. The molecule has 1 aliphatic rings. The summed E-state index contributed by atoms with van der Waals surface area (Å²) in [4.78, 5) is 12.0. The van der Waals surface area contributed by atoms with Crippen LogP contribution in [0, 0.1) is 0 Å². The Morgan fingerprint density at radius 2 is 1.86 bits per heavy atom. The van der Waals surface area contributed by atoms with Gasteiger partial charge < -0.3 is 9.47 Å². The van der Waals surface area contributed by atoms with E-state index in [0.717, 1.165) is 11.8 Å². The topological polar surface area (TPSA) is 78.9 Å². The smallest absolute Gasteiger partial charge is 0.338 e. The number of carbonyl (C=O) groups is 1. The Balaban J connectivity index is 1.74. The van der Waals surface area contributed by atoms with Gasteiger partial charge in [-0.1, -0.05) is 30.3 Å². The highest BCUT2D eigenvalue weighted by Crippen LogP contribution is 2.40. The van der Waals surface area contributed by atoms with Gasteiger partial charge in [0.2, 0.25) is 0 Å². The fourth-order valence-corrected chi connectivity index (χ4v) is 2.17. The van der Waals surface area contributed by atoms with Crippen LogP contribution in [0.5, 0.6) is 0 Å². The van der Waals surface area contributed by atoms with E-state index in [0.29, 0.717) is 12.8 Å². The first-order chi connectivity index (χ1) is 9.91. The molecule has 0 aromatic heterocycles. The summed E-state index contributed by atoms with van der Waals surface area (Å²) in [5.41, 5.74) is -0.0163. The summed E-state index contributed by atoms with van der Waals surface area (Å²) >= 11 is 0. The second-order valence-corrected chi connectivity index (χ2v) is 6.57. The largest absolute Gasteiger partial charge is 0.459 e. The lowest BCUT2D eigenvalue weighted by Crippen LogP contribution is -2.30. The van der Waals surface area contributed by atoms with Crippen molar-refractivity contribution >= 4 is 16.1 Å². The molecular weight excluding hydrogens is 296 g/mol. The van der Waals surface area contributed by atoms with Crippen LogP contribution in [0.1, 0.15) is 18.4 Å². The Labute approximate surface area is 124 Å². The average molecular weight is 314 g/mol. The summed E-state index contributed by atoms with van der Waals surface area (Å²) < 4.78 is 36.8. The molecule has 0 atom stereocenters. The lowest BCUT2D eigenvalue weighted by molar-refractivity contribution is -0.162. The molecular formula is C14H18O6S. The van der Waals surface area contributed by atoms with Crippen molar-refractivity contribution in [3.8, 4) is 0 Å². The van der Waals surface area contributed by atoms with Gasteiger partial charge in [0.15, 0.2) is 5.60 Å². The molecule has 1 aromatic carbocycles. The lowest BCUT2D eigenvalue weighted by atomic mass is 10.2. The number of hydrogen-bond acceptors (Lipinski definition) is 6. The molecule has 1 aromatic rings. The number of ether oxygens (including phenoxy) is 2. The first-order valence-corrected chi connectivity index (χ1v) is 8.42. The van der Waals surface area contributed by atoms with E-state index in [9.17, 15) is 13.2 Å². The maximum Gasteiger partial charge on any atom is 0.338 e. The maximum absolute atomic E-state index is 12.0. The molecule has 0 N–H and O–H groups in total. The molecule has 0 unspecified atom stereocenters. The Bertz CT molecular complexity index is 577. The Kier molecular flexibility index (Phi) is 4.97. The normalized spacial score (nSPS) is 16.4. The van der Waals surface area contributed by atoms with Gasteiger partial charge in [0.1, 0.15) is 6.61 Å². The van der Waals surface area contributed by atoms with Gasteiger partial charge in [0, 0.05) is 0 Å². The zero-order valence-corrected chi connectivity index (χ0v) is 12.6. The molecule has 0 bridgehead atoms. The molecule has 6 nitrogen and oxygen atoms in total. The van der Waals surface area contributed by atoms with E-state index in [-0.39, 0.29) is 19.8 Å². The van der Waals surface area contributed by atoms with Gasteiger partial charge in [0.25, 0.3) is 10.1 Å². The van der Waals surface area contributed by atoms with Crippen LogP contribution in [0.4, 0.5) is 0 Å². The van der Waals surface area contributed by atoms with Crippen molar-refractivity contribution in [1.29, 1.82) is 0 Å². The van der Waals surface area contributed by atoms with Crippen molar-refractivity contribution < 1.29 is 26.9 Å². The number of carbonyl (C=O) groups excluding carboxylic acids is 1. The number of benzene rings is 1. The summed E-state index contributed by atoms with van der Waals surface area (Å²) in [7, 11) is -3.48. The second-order valence-electron chi connectivity index (χ2n) is 4.93. The third-order valence-corrected chi connectivity index (χ3v) is 3.64. The zero-order valence-electron chi connectivity index (χ0n) is 11.8. The van der Waals surface area contributed by atoms with Crippen LogP contribution in [0.2, 0.25) is 0 Å². The highest BCUT2D eigenvalue weighted by Gasteiger charge is 2.53. The zero-order chi connectivity index (χ0) is 15.3. The fourth-order valence-electron chi connectivity index (χ4n) is 1.80. The number of hydrogen-bond donors (Lipinski definition) is 0. The monoisotopic (exact) mass is 314 g/mol. The van der Waals surface area contributed by atoms with E-state index in [2.05, 4.69) is 4.18 Å². The van der Waals surface area contributed by atoms with Gasteiger partial charge in [-0.05, 0) is 18.4 Å². The quantitative estimate of drug-likeness (QED) is 0.408. The van der Waals surface area contributed by atoms with Crippen molar-refractivity contribution in [2.75, 3.05) is 19.5 Å². The van der Waals surface area contributed by atoms with E-state index >= 15 is 0 Å². The lowest BCUT2D eigenvalue weighted by Gasteiger charge is -2.15. The van der Waals surface area contributed by atoms with Crippen molar-refractivity contribution in [3.63, 3.8) is 0 Å². The average Bonchev–Trinajstić information content (AvgIpc) is 3.22. The minimum atomic E-state index is -3.48. The SMILES string of the molecule is CS(=O)(=O)OCCOC1(C(=O)OCc2ccccc2)CC1. The fraction of sp³-hybridized carbons (Fsp3) is 0.500. The van der Waals surface area contributed by atoms with Crippen molar-refractivity contribution in [1.82, 2.24) is 0 Å². The first-order valence-electron chi connectivity index (χ1n) is 6.61. The number of esters is 1. The predicted molar refractivity (Wildman–Crippen MR) is 75.0 cm³/mol. The molecule has 0 saturated heterocycles. The van der Waals surface area contributed by atoms with Crippen molar-refractivity contribution in [2.24, 2.45) is 0 Å². The molecule has 2 rings (SSSR count). The highest BCUT2D eigenvalue weighted by molar-refractivity contribution is 7.85. The van der Waals surface area contributed by atoms with Crippen LogP contribution in [-0.2, 0) is 35.2 Å². The standard InChI is InChI=1S/C14H18O6S/c1-21(16,17)20-10-9-19-14(7-8-14)13(15)18-11-12-5-3-2-4-6-12/h2-6H,7-11H2,1H3. The summed E-state index contributed by atoms with van der Waals surface area (Å²) in [5, 5.41) is 0. The Morgan fingerprint density at radius 3 is 2.43 bits per heavy atom. The van der Waals surface area contributed by atoms with E-state index in [1.807, 2.05) is 30.3 Å². The van der Waals surface area contributed by atoms with Gasteiger partial charge in [0.05, 0.1) is 19.5 Å². The predicted octanol–water partition coefficient (Wildman–Crippen LogP) is 1.26. The van der Waals surface area contributed by atoms with E-state index in [4.69, 9.17) is 9.47 Å². The molecule has 0 amide bonds. The summed E-state index contributed by atoms with van der Waals surface area (Å²) in [6.45, 7) is 0.130. The van der Waals surface area contributed by atoms with Crippen LogP contribution >= 0.6 is 0 Å².